The maximum Gasteiger partial charge on any atom is 0.334 e. The molecule has 0 amide bonds. The molecule has 1 fully saturated rings. The van der Waals surface area contributed by atoms with Crippen LogP contribution >= 0.6 is 11.6 Å². The Morgan fingerprint density at radius 1 is 1.21 bits per heavy atom. The van der Waals surface area contributed by atoms with Gasteiger partial charge in [0.05, 0.1) is 28.4 Å². The summed E-state index contributed by atoms with van der Waals surface area (Å²) in [4.78, 5) is 35.2. The summed E-state index contributed by atoms with van der Waals surface area (Å²) in [5.41, 5.74) is -0.252. The fourth-order valence-electron chi connectivity index (χ4n) is 3.55. The molecule has 0 aliphatic heterocycles. The van der Waals surface area contributed by atoms with E-state index in [9.17, 15) is 14.0 Å². The van der Waals surface area contributed by atoms with Crippen LogP contribution in [-0.4, -0.2) is 24.1 Å². The molecule has 1 aromatic carbocycles. The summed E-state index contributed by atoms with van der Waals surface area (Å²) in [6.07, 6.45) is 3.21. The average Bonchev–Trinajstić information content (AvgIpc) is 3.41. The SMILES string of the molecule is Cn1cnc2c(C3CC3)c(-n3c(=O)[nH]c(=O)c4cc(F)c(Cl)nc43)c(F)cc21. The molecule has 3 heterocycles. The highest BCUT2D eigenvalue weighted by atomic mass is 35.5. The lowest BCUT2D eigenvalue weighted by Gasteiger charge is -2.15. The van der Waals surface area contributed by atoms with Gasteiger partial charge in [0, 0.05) is 18.7 Å². The van der Waals surface area contributed by atoms with Crippen molar-refractivity contribution in [1.29, 1.82) is 0 Å². The van der Waals surface area contributed by atoms with Crippen LogP contribution in [0.1, 0.15) is 24.3 Å². The fourth-order valence-corrected chi connectivity index (χ4v) is 3.69. The third-order valence-electron chi connectivity index (χ3n) is 4.98. The predicted molar refractivity (Wildman–Crippen MR) is 99.1 cm³/mol. The Hall–Kier alpha value is -3.07. The van der Waals surface area contributed by atoms with Crippen LogP contribution in [0, 0.1) is 11.6 Å². The Morgan fingerprint density at radius 2 is 1.96 bits per heavy atom. The molecule has 0 bridgehead atoms. The van der Waals surface area contributed by atoms with Gasteiger partial charge in [0.1, 0.15) is 5.82 Å². The lowest BCUT2D eigenvalue weighted by Crippen LogP contribution is -2.31. The van der Waals surface area contributed by atoms with E-state index < -0.39 is 28.0 Å². The average molecular weight is 404 g/mol. The quantitative estimate of drug-likeness (QED) is 0.521. The minimum atomic E-state index is -0.909. The number of hydrogen-bond acceptors (Lipinski definition) is 4. The zero-order valence-electron chi connectivity index (χ0n) is 14.5. The van der Waals surface area contributed by atoms with Gasteiger partial charge in [0.25, 0.3) is 5.56 Å². The molecule has 1 saturated carbocycles. The van der Waals surface area contributed by atoms with E-state index >= 15 is 4.39 Å². The molecule has 0 atom stereocenters. The van der Waals surface area contributed by atoms with Gasteiger partial charge in [-0.2, -0.15) is 0 Å². The Balaban J connectivity index is 2.00. The van der Waals surface area contributed by atoms with Crippen LogP contribution in [0.3, 0.4) is 0 Å². The number of aromatic amines is 1. The van der Waals surface area contributed by atoms with E-state index in [2.05, 4.69) is 15.0 Å². The number of halogens is 3. The highest BCUT2D eigenvalue weighted by Crippen LogP contribution is 2.46. The van der Waals surface area contributed by atoms with Gasteiger partial charge in [-0.1, -0.05) is 11.6 Å². The van der Waals surface area contributed by atoms with Gasteiger partial charge in [-0.05, 0) is 24.8 Å². The fraction of sp³-hybridized carbons (Fsp3) is 0.222. The standard InChI is InChI=1S/C18H12ClF2N5O2/c1-25-6-22-13-11(25)5-9(20)14(12(13)7-2-3-7)26-16-8(17(27)24-18(26)28)4-10(21)15(19)23-16/h4-7H,2-3H2,1H3,(H,24,27,28). The zero-order valence-corrected chi connectivity index (χ0v) is 15.2. The molecular weight excluding hydrogens is 392 g/mol. The van der Waals surface area contributed by atoms with Crippen LogP contribution in [-0.2, 0) is 7.05 Å². The third-order valence-corrected chi connectivity index (χ3v) is 5.25. The van der Waals surface area contributed by atoms with Gasteiger partial charge in [0.2, 0.25) is 0 Å². The Morgan fingerprint density at radius 3 is 2.68 bits per heavy atom. The number of hydrogen-bond donors (Lipinski definition) is 1. The summed E-state index contributed by atoms with van der Waals surface area (Å²) < 4.78 is 31.8. The molecule has 5 rings (SSSR count). The number of nitrogens with one attached hydrogen (secondary N) is 1. The zero-order chi connectivity index (χ0) is 19.7. The number of imidazole rings is 1. The molecule has 0 spiro atoms. The van der Waals surface area contributed by atoms with Crippen molar-refractivity contribution in [1.82, 2.24) is 24.1 Å². The Kier molecular flexibility index (Phi) is 3.48. The second kappa shape index (κ2) is 5.71. The summed E-state index contributed by atoms with van der Waals surface area (Å²) >= 11 is 5.78. The summed E-state index contributed by atoms with van der Waals surface area (Å²) in [6.45, 7) is 0. The van der Waals surface area contributed by atoms with Gasteiger partial charge >= 0.3 is 5.69 Å². The predicted octanol–water partition coefficient (Wildman–Crippen LogP) is 2.77. The van der Waals surface area contributed by atoms with E-state index in [4.69, 9.17) is 11.6 Å². The smallest absolute Gasteiger partial charge is 0.334 e. The summed E-state index contributed by atoms with van der Waals surface area (Å²) in [5.74, 6) is -1.56. The molecule has 28 heavy (non-hydrogen) atoms. The van der Waals surface area contributed by atoms with Gasteiger partial charge < -0.3 is 4.57 Å². The molecule has 7 nitrogen and oxygen atoms in total. The van der Waals surface area contributed by atoms with Crippen LogP contribution < -0.4 is 11.2 Å². The molecule has 1 N–H and O–H groups in total. The van der Waals surface area contributed by atoms with E-state index in [1.54, 1.807) is 17.9 Å². The Labute approximate surface area is 160 Å². The Bertz CT molecular complexity index is 1420. The van der Waals surface area contributed by atoms with E-state index in [1.807, 2.05) is 0 Å². The topological polar surface area (TPSA) is 85.6 Å². The van der Waals surface area contributed by atoms with Crippen molar-refractivity contribution in [3.05, 3.63) is 61.6 Å². The minimum absolute atomic E-state index is 0.0212. The first-order valence-corrected chi connectivity index (χ1v) is 8.89. The summed E-state index contributed by atoms with van der Waals surface area (Å²) in [7, 11) is 1.75. The molecule has 4 aromatic rings. The van der Waals surface area contributed by atoms with E-state index in [1.165, 1.54) is 6.07 Å². The molecule has 0 saturated heterocycles. The number of aromatic nitrogens is 5. The van der Waals surface area contributed by atoms with Gasteiger partial charge in [-0.15, -0.1) is 0 Å². The molecule has 1 aliphatic rings. The number of benzene rings is 1. The van der Waals surface area contributed by atoms with Crippen molar-refractivity contribution in [2.24, 2.45) is 7.05 Å². The minimum Gasteiger partial charge on any atom is -0.334 e. The second-order valence-electron chi connectivity index (χ2n) is 6.85. The van der Waals surface area contributed by atoms with Crippen LogP contribution in [0.5, 0.6) is 0 Å². The van der Waals surface area contributed by atoms with Crippen molar-refractivity contribution in [3.8, 4) is 5.69 Å². The molecular formula is C18H12ClF2N5O2. The van der Waals surface area contributed by atoms with Crippen molar-refractivity contribution in [2.45, 2.75) is 18.8 Å². The molecule has 0 radical (unpaired) electrons. The number of nitrogens with zero attached hydrogens (tertiary/aromatic N) is 4. The van der Waals surface area contributed by atoms with Crippen molar-refractivity contribution in [2.75, 3.05) is 0 Å². The van der Waals surface area contributed by atoms with Crippen molar-refractivity contribution >= 4 is 33.7 Å². The lowest BCUT2D eigenvalue weighted by molar-refractivity contribution is 0.612. The van der Waals surface area contributed by atoms with Crippen LogP contribution in [0.4, 0.5) is 8.78 Å². The lowest BCUT2D eigenvalue weighted by atomic mass is 10.0. The normalized spacial score (nSPS) is 14.3. The third kappa shape index (κ3) is 2.32. The molecule has 0 unspecified atom stereocenters. The maximum atomic E-state index is 15.3. The summed E-state index contributed by atoms with van der Waals surface area (Å²) in [6, 6.07) is 2.16. The first kappa shape index (κ1) is 17.1. The van der Waals surface area contributed by atoms with E-state index in [-0.39, 0.29) is 22.6 Å². The molecule has 142 valence electrons. The molecule has 10 heteroatoms. The molecule has 3 aromatic heterocycles. The van der Waals surface area contributed by atoms with Crippen LogP contribution in [0.25, 0.3) is 27.8 Å². The first-order chi connectivity index (χ1) is 13.4. The number of aryl methyl sites for hydroxylation is 1. The number of pyridine rings is 1. The maximum absolute atomic E-state index is 15.3. The summed E-state index contributed by atoms with van der Waals surface area (Å²) in [5, 5.41) is -0.720. The van der Waals surface area contributed by atoms with Crippen molar-refractivity contribution < 1.29 is 8.78 Å². The van der Waals surface area contributed by atoms with Crippen LogP contribution in [0.2, 0.25) is 5.15 Å². The van der Waals surface area contributed by atoms with E-state index in [0.29, 0.717) is 16.6 Å². The van der Waals surface area contributed by atoms with Crippen molar-refractivity contribution in [3.63, 3.8) is 0 Å². The largest absolute Gasteiger partial charge is 0.334 e. The highest BCUT2D eigenvalue weighted by Gasteiger charge is 2.33. The highest BCUT2D eigenvalue weighted by molar-refractivity contribution is 6.29. The first-order valence-electron chi connectivity index (χ1n) is 8.51. The van der Waals surface area contributed by atoms with Crippen LogP contribution in [0.15, 0.2) is 28.0 Å². The molecule has 1 aliphatic carbocycles. The van der Waals surface area contributed by atoms with Gasteiger partial charge in [0.15, 0.2) is 16.6 Å². The monoisotopic (exact) mass is 403 g/mol. The number of H-pyrrole nitrogens is 1. The second-order valence-corrected chi connectivity index (χ2v) is 7.20. The van der Waals surface area contributed by atoms with E-state index in [0.717, 1.165) is 23.5 Å². The number of rotatable bonds is 2. The van der Waals surface area contributed by atoms with Gasteiger partial charge in [-0.25, -0.2) is 28.1 Å². The number of fused-ring (bicyclic) bond motifs is 2. The van der Waals surface area contributed by atoms with Gasteiger partial charge in [-0.3, -0.25) is 9.78 Å².